The SMILES string of the molecule is Cc1cc(NC(=O)c2ccc(N=Nc3c(C)[nH]n(-c4ccccc4)c3=O)cc2)c(OCCO)cc1N=Nc1ccc2cc(SOOO)cc(S(=O)(=O)O)c2c1. The Balaban J connectivity index is 1.20. The van der Waals surface area contributed by atoms with E-state index in [0.29, 0.717) is 57.0 Å². The van der Waals surface area contributed by atoms with E-state index in [0.717, 1.165) is 6.07 Å². The van der Waals surface area contributed by atoms with Crippen molar-refractivity contribution in [3.8, 4) is 11.4 Å². The first-order chi connectivity index (χ1) is 26.4. The van der Waals surface area contributed by atoms with Crippen molar-refractivity contribution in [3.63, 3.8) is 0 Å². The van der Waals surface area contributed by atoms with Crippen LogP contribution in [0, 0.1) is 13.8 Å². The third kappa shape index (κ3) is 9.19. The Bertz CT molecular complexity index is 2590. The van der Waals surface area contributed by atoms with Crippen molar-refractivity contribution >= 4 is 67.3 Å². The molecule has 17 nitrogen and oxygen atoms in total. The molecule has 55 heavy (non-hydrogen) atoms. The van der Waals surface area contributed by atoms with Crippen molar-refractivity contribution in [1.82, 2.24) is 9.78 Å². The van der Waals surface area contributed by atoms with Gasteiger partial charge in [-0.05, 0) is 91.5 Å². The first-order valence-corrected chi connectivity index (χ1v) is 18.3. The highest BCUT2D eigenvalue weighted by Gasteiger charge is 2.18. The van der Waals surface area contributed by atoms with Crippen LogP contribution in [0.25, 0.3) is 16.5 Å². The summed E-state index contributed by atoms with van der Waals surface area (Å²) >= 11 is 0.530. The lowest BCUT2D eigenvalue weighted by Crippen LogP contribution is -2.13. The first kappa shape index (κ1) is 38.7. The maximum atomic E-state index is 13.3. The Labute approximate surface area is 316 Å². The number of nitrogens with one attached hydrogen (secondary N) is 2. The summed E-state index contributed by atoms with van der Waals surface area (Å²) < 4.78 is 45.7. The van der Waals surface area contributed by atoms with Gasteiger partial charge in [0, 0.05) is 21.9 Å². The van der Waals surface area contributed by atoms with Crippen LogP contribution < -0.4 is 15.6 Å². The van der Waals surface area contributed by atoms with Gasteiger partial charge in [0.2, 0.25) is 0 Å². The maximum absolute atomic E-state index is 13.3. The number of benzene rings is 5. The van der Waals surface area contributed by atoms with Gasteiger partial charge in [-0.15, -0.1) is 9.45 Å². The molecular weight excluding hydrogens is 755 g/mol. The Morgan fingerprint density at radius 3 is 2.35 bits per heavy atom. The van der Waals surface area contributed by atoms with Gasteiger partial charge in [-0.3, -0.25) is 19.2 Å². The van der Waals surface area contributed by atoms with E-state index in [4.69, 9.17) is 9.99 Å². The monoisotopic (exact) mass is 785 g/mol. The molecule has 1 aromatic heterocycles. The van der Waals surface area contributed by atoms with Crippen LogP contribution in [0.15, 0.2) is 132 Å². The number of hydrogen-bond acceptors (Lipinski definition) is 14. The fourth-order valence-electron chi connectivity index (χ4n) is 5.33. The smallest absolute Gasteiger partial charge is 0.299 e. The fourth-order valence-corrected chi connectivity index (χ4v) is 6.58. The van der Waals surface area contributed by atoms with E-state index in [9.17, 15) is 27.7 Å². The molecule has 0 aliphatic rings. The van der Waals surface area contributed by atoms with Crippen molar-refractivity contribution in [2.45, 2.75) is 23.6 Å². The molecule has 0 atom stereocenters. The molecule has 0 saturated heterocycles. The lowest BCUT2D eigenvalue weighted by atomic mass is 10.1. The van der Waals surface area contributed by atoms with E-state index >= 15 is 0 Å². The lowest BCUT2D eigenvalue weighted by molar-refractivity contribution is -0.432. The summed E-state index contributed by atoms with van der Waals surface area (Å²) in [5.41, 5.74) is 3.17. The van der Waals surface area contributed by atoms with Crippen LogP contribution in [0.3, 0.4) is 0 Å². The highest BCUT2D eigenvalue weighted by molar-refractivity contribution is 7.94. The minimum Gasteiger partial charge on any atom is -0.489 e. The van der Waals surface area contributed by atoms with E-state index in [-0.39, 0.29) is 46.2 Å². The Kier molecular flexibility index (Phi) is 11.9. The molecule has 1 heterocycles. The second-order valence-corrected chi connectivity index (χ2v) is 13.9. The molecule has 0 aliphatic heterocycles. The molecule has 5 N–H and O–H groups in total. The van der Waals surface area contributed by atoms with E-state index < -0.39 is 20.9 Å². The number of carbonyl (C=O) groups is 1. The number of aromatic nitrogens is 2. The van der Waals surface area contributed by atoms with Crippen LogP contribution in [-0.4, -0.2) is 52.2 Å². The Morgan fingerprint density at radius 2 is 1.64 bits per heavy atom. The summed E-state index contributed by atoms with van der Waals surface area (Å²) in [7, 11) is -4.68. The minimum absolute atomic E-state index is 0.0852. The van der Waals surface area contributed by atoms with Crippen molar-refractivity contribution in [3.05, 3.63) is 124 Å². The summed E-state index contributed by atoms with van der Waals surface area (Å²) in [6.07, 6.45) is 0. The van der Waals surface area contributed by atoms with E-state index in [1.54, 1.807) is 74.5 Å². The number of carbonyl (C=O) groups excluding carboxylic acids is 1. The molecule has 0 radical (unpaired) electrons. The van der Waals surface area contributed by atoms with E-state index in [2.05, 4.69) is 40.2 Å². The summed E-state index contributed by atoms with van der Waals surface area (Å²) in [6.45, 7) is 3.06. The topological polar surface area (TPSA) is 239 Å². The Morgan fingerprint density at radius 1 is 0.909 bits per heavy atom. The normalized spacial score (nSPS) is 11.9. The summed E-state index contributed by atoms with van der Waals surface area (Å²) in [6, 6.07) is 25.7. The zero-order valence-corrected chi connectivity index (χ0v) is 30.5. The number of aryl methyl sites for hydroxylation is 2. The second kappa shape index (κ2) is 17.0. The molecule has 0 aliphatic carbocycles. The first-order valence-electron chi connectivity index (χ1n) is 16.2. The molecular formula is C36H31N7O10S2. The van der Waals surface area contributed by atoms with Crippen LogP contribution >= 0.6 is 12.0 Å². The number of fused-ring (bicyclic) bond motifs is 1. The molecule has 1 amide bonds. The third-order valence-corrected chi connectivity index (χ3v) is 9.38. The quantitative estimate of drug-likeness (QED) is 0.0233. The van der Waals surface area contributed by atoms with Crippen molar-refractivity contribution in [2.24, 2.45) is 20.5 Å². The van der Waals surface area contributed by atoms with E-state index in [1.165, 1.54) is 16.8 Å². The van der Waals surface area contributed by atoms with Crippen molar-refractivity contribution in [1.29, 1.82) is 0 Å². The molecule has 6 rings (SSSR count). The van der Waals surface area contributed by atoms with Gasteiger partial charge in [-0.2, -0.15) is 23.8 Å². The zero-order valence-electron chi connectivity index (χ0n) is 28.9. The standard InChI is InChI=1S/C36H31N7O10S2/c1-21-16-31(37-35(45)23-8-11-25(12-9-23)38-41-34-22(2)42-43(36(34)46)27-6-4-3-5-7-27)32(51-15-14-44)20-30(21)40-39-26-13-10-24-17-28(54-53-52-47)19-33(29(24)18-26)55(48,49)50/h3-13,16-20,42,44,47H,14-15H2,1-2H3,(H,37,45)(H,48,49,50). The van der Waals surface area contributed by atoms with Gasteiger partial charge in [-0.1, -0.05) is 29.3 Å². The molecule has 0 unspecified atom stereocenters. The number of hydrogen-bond donors (Lipinski definition) is 5. The molecule has 0 fully saturated rings. The van der Waals surface area contributed by atoms with Gasteiger partial charge in [0.25, 0.3) is 21.6 Å². The lowest BCUT2D eigenvalue weighted by Gasteiger charge is -2.14. The molecule has 5 aromatic carbocycles. The van der Waals surface area contributed by atoms with Crippen LogP contribution in [0.2, 0.25) is 0 Å². The van der Waals surface area contributed by atoms with Crippen molar-refractivity contribution in [2.75, 3.05) is 18.5 Å². The maximum Gasteiger partial charge on any atom is 0.299 e. The number of aromatic amines is 1. The van der Waals surface area contributed by atoms with Gasteiger partial charge in [0.05, 0.1) is 52.8 Å². The summed E-state index contributed by atoms with van der Waals surface area (Å²) in [5, 5.41) is 44.7. The molecule has 6 aromatic rings. The second-order valence-electron chi connectivity index (χ2n) is 11.7. The van der Waals surface area contributed by atoms with Crippen LogP contribution in [0.5, 0.6) is 5.75 Å². The number of aliphatic hydroxyl groups is 1. The van der Waals surface area contributed by atoms with Crippen LogP contribution in [0.1, 0.15) is 21.6 Å². The fraction of sp³-hybridized carbons (Fsp3) is 0.111. The number of aliphatic hydroxyl groups excluding tert-OH is 1. The molecule has 0 saturated carbocycles. The summed E-state index contributed by atoms with van der Waals surface area (Å²) in [5.74, 6) is -0.275. The molecule has 282 valence electrons. The van der Waals surface area contributed by atoms with Gasteiger partial charge in [0.1, 0.15) is 17.3 Å². The molecule has 0 spiro atoms. The number of nitrogens with zero attached hydrogens (tertiary/aromatic N) is 5. The van der Waals surface area contributed by atoms with Crippen LogP contribution in [0.4, 0.5) is 28.4 Å². The Hall–Kier alpha value is -6.06. The predicted octanol–water partition coefficient (Wildman–Crippen LogP) is 8.06. The zero-order chi connectivity index (χ0) is 39.1. The van der Waals surface area contributed by atoms with E-state index in [1.807, 2.05) is 18.2 Å². The average Bonchev–Trinajstić information content (AvgIpc) is 3.47. The molecule has 0 bridgehead atoms. The van der Waals surface area contributed by atoms with Crippen molar-refractivity contribution < 1.29 is 42.2 Å². The average molecular weight is 786 g/mol. The number of anilines is 1. The minimum atomic E-state index is -4.68. The third-order valence-electron chi connectivity index (χ3n) is 7.93. The number of para-hydroxylation sites is 1. The van der Waals surface area contributed by atoms with Gasteiger partial charge in [-0.25, -0.2) is 9.94 Å². The number of H-pyrrole nitrogens is 1. The highest BCUT2D eigenvalue weighted by atomic mass is 32.2. The largest absolute Gasteiger partial charge is 0.489 e. The number of rotatable bonds is 14. The van der Waals surface area contributed by atoms with Gasteiger partial charge in [0.15, 0.2) is 5.69 Å². The number of amides is 1. The van der Waals surface area contributed by atoms with Gasteiger partial charge < -0.3 is 15.2 Å². The highest BCUT2D eigenvalue weighted by Crippen LogP contribution is 2.36. The predicted molar refractivity (Wildman–Crippen MR) is 202 cm³/mol. The van der Waals surface area contributed by atoms with Crippen LogP contribution in [-0.2, 0) is 19.5 Å². The number of ether oxygens (including phenoxy) is 1. The van der Waals surface area contributed by atoms with Gasteiger partial charge >= 0.3 is 0 Å². The summed E-state index contributed by atoms with van der Waals surface area (Å²) in [4.78, 5) is 26.0. The number of azo groups is 2. The molecule has 19 heteroatoms.